The lowest BCUT2D eigenvalue weighted by Crippen LogP contribution is -2.58. The Bertz CT molecular complexity index is 1190. The number of nitrogens with zero attached hydrogens (tertiary/aromatic N) is 2. The second-order valence-electron chi connectivity index (χ2n) is 12.1. The summed E-state index contributed by atoms with van der Waals surface area (Å²) in [7, 11) is 0. The average molecular weight is 549 g/mol. The van der Waals surface area contributed by atoms with E-state index in [1.165, 1.54) is 4.90 Å². The third kappa shape index (κ3) is 4.31. The Morgan fingerprint density at radius 2 is 1.73 bits per heavy atom. The number of fused-ring (bicyclic) bond motifs is 2. The van der Waals surface area contributed by atoms with Crippen molar-refractivity contribution in [3.8, 4) is 0 Å². The fraction of sp³-hybridized carbons (Fsp3) is 0.594. The number of rotatable bonds is 4. The molecule has 1 saturated carbocycles. The molecule has 1 N–H and O–H groups in total. The molecule has 1 aromatic carbocycles. The molecule has 0 aromatic heterocycles. The largest absolute Gasteiger partial charge is 0.465 e. The van der Waals surface area contributed by atoms with Crippen molar-refractivity contribution in [1.82, 2.24) is 9.80 Å². The summed E-state index contributed by atoms with van der Waals surface area (Å²) in [6, 6.07) is 7.62. The summed E-state index contributed by atoms with van der Waals surface area (Å²) in [6.45, 7) is 2.19. The van der Waals surface area contributed by atoms with Crippen molar-refractivity contribution in [3.05, 3.63) is 60.2 Å². The molecule has 3 fully saturated rings. The Labute approximate surface area is 236 Å². The molecule has 40 heavy (non-hydrogen) atoms. The van der Waals surface area contributed by atoms with Gasteiger partial charge in [0.1, 0.15) is 17.6 Å². The van der Waals surface area contributed by atoms with Crippen LogP contribution < -0.4 is 0 Å². The van der Waals surface area contributed by atoms with E-state index in [0.717, 1.165) is 56.9 Å². The van der Waals surface area contributed by atoms with E-state index in [9.17, 15) is 19.5 Å². The molecule has 1 aromatic rings. The minimum absolute atomic E-state index is 0.0870. The van der Waals surface area contributed by atoms with Crippen LogP contribution in [0.4, 0.5) is 0 Å². The SMILES string of the molecule is C[C@@]12/C=C\CCCCOC(=O)[C@@H]1[C@H]1C(=O)N([C@H](CO)c3ccccc3)C3C(=O)N(C4CCCCC4)CC=C[C@@]31O2. The van der Waals surface area contributed by atoms with Crippen molar-refractivity contribution in [2.24, 2.45) is 11.8 Å². The molecular formula is C32H40N2O6. The molecule has 2 saturated heterocycles. The first-order valence-corrected chi connectivity index (χ1v) is 14.9. The highest BCUT2D eigenvalue weighted by atomic mass is 16.6. The molecule has 0 bridgehead atoms. The third-order valence-corrected chi connectivity index (χ3v) is 9.68. The zero-order chi connectivity index (χ0) is 27.9. The number of benzene rings is 1. The molecule has 4 aliphatic heterocycles. The molecule has 8 nitrogen and oxygen atoms in total. The van der Waals surface area contributed by atoms with Crippen molar-refractivity contribution >= 4 is 17.8 Å². The number of aliphatic hydroxyl groups is 1. The number of likely N-dealkylation sites (tertiary alicyclic amines) is 1. The van der Waals surface area contributed by atoms with Crippen LogP contribution in [-0.4, -0.2) is 75.7 Å². The summed E-state index contributed by atoms with van der Waals surface area (Å²) in [5, 5.41) is 10.7. The van der Waals surface area contributed by atoms with Gasteiger partial charge in [-0.05, 0) is 44.6 Å². The predicted molar refractivity (Wildman–Crippen MR) is 148 cm³/mol. The molecule has 1 spiro atoms. The number of amides is 2. The molecule has 5 aliphatic rings. The zero-order valence-electron chi connectivity index (χ0n) is 23.2. The van der Waals surface area contributed by atoms with E-state index in [1.807, 2.05) is 66.5 Å². The smallest absolute Gasteiger partial charge is 0.313 e. The van der Waals surface area contributed by atoms with E-state index < -0.39 is 41.1 Å². The fourth-order valence-corrected chi connectivity index (χ4v) is 7.84. The van der Waals surface area contributed by atoms with Crippen LogP contribution in [0.5, 0.6) is 0 Å². The summed E-state index contributed by atoms with van der Waals surface area (Å²) in [5.74, 6) is -2.88. The highest BCUT2D eigenvalue weighted by Gasteiger charge is 2.75. The number of allylic oxidation sites excluding steroid dienone is 1. The summed E-state index contributed by atoms with van der Waals surface area (Å²) < 4.78 is 12.6. The quantitative estimate of drug-likeness (QED) is 0.455. The number of carbonyl (C=O) groups is 3. The normalized spacial score (nSPS) is 36.4. The lowest BCUT2D eigenvalue weighted by atomic mass is 9.74. The van der Waals surface area contributed by atoms with Crippen molar-refractivity contribution in [2.45, 2.75) is 87.6 Å². The Kier molecular flexibility index (Phi) is 7.34. The monoisotopic (exact) mass is 548 g/mol. The van der Waals surface area contributed by atoms with Gasteiger partial charge in [0.25, 0.3) is 0 Å². The van der Waals surface area contributed by atoms with Gasteiger partial charge < -0.3 is 24.4 Å². The number of ether oxygens (including phenoxy) is 2. The average Bonchev–Trinajstić information content (AvgIpc) is 3.29. The van der Waals surface area contributed by atoms with Gasteiger partial charge in [-0.15, -0.1) is 0 Å². The van der Waals surface area contributed by atoms with Gasteiger partial charge in [0, 0.05) is 12.6 Å². The maximum absolute atomic E-state index is 14.7. The second-order valence-corrected chi connectivity index (χ2v) is 12.1. The van der Waals surface area contributed by atoms with Crippen molar-refractivity contribution in [1.29, 1.82) is 0 Å². The van der Waals surface area contributed by atoms with E-state index in [4.69, 9.17) is 9.47 Å². The lowest BCUT2D eigenvalue weighted by Gasteiger charge is -2.42. The van der Waals surface area contributed by atoms with Crippen LogP contribution in [0.2, 0.25) is 0 Å². The first kappa shape index (κ1) is 27.2. The standard InChI is InChI=1S/C32H40N2O6/c1-31-17-10-2-3-11-20-39-30(38)26(31)25-28(36)34(24(21-35)22-13-6-4-7-14-22)27-29(37)33(23-15-8-5-9-16-23)19-12-18-32(25,27)40-31/h4,6-7,10,12-14,17-18,23-27,35H,2-3,5,8-9,11,15-16,19-21H2,1H3/b17-10-/t24-,25+,26+,27?,31-,32+/m1/s1. The highest BCUT2D eigenvalue weighted by molar-refractivity contribution is 5.99. The number of cyclic esters (lactones) is 1. The van der Waals surface area contributed by atoms with E-state index in [0.29, 0.717) is 6.54 Å². The Balaban J connectivity index is 1.50. The molecule has 214 valence electrons. The topological polar surface area (TPSA) is 96.4 Å². The Morgan fingerprint density at radius 1 is 0.950 bits per heavy atom. The van der Waals surface area contributed by atoms with E-state index in [2.05, 4.69) is 0 Å². The molecule has 8 heteroatoms. The van der Waals surface area contributed by atoms with Gasteiger partial charge in [-0.2, -0.15) is 0 Å². The number of hydrogen-bond donors (Lipinski definition) is 1. The molecular weight excluding hydrogens is 508 g/mol. The highest BCUT2D eigenvalue weighted by Crippen LogP contribution is 2.58. The van der Waals surface area contributed by atoms with Crippen LogP contribution in [0.15, 0.2) is 54.6 Å². The summed E-state index contributed by atoms with van der Waals surface area (Å²) in [5.41, 5.74) is -1.75. The van der Waals surface area contributed by atoms with Gasteiger partial charge >= 0.3 is 5.97 Å². The zero-order valence-corrected chi connectivity index (χ0v) is 23.2. The van der Waals surface area contributed by atoms with Crippen LogP contribution in [0, 0.1) is 11.8 Å². The van der Waals surface area contributed by atoms with Crippen LogP contribution in [-0.2, 0) is 23.9 Å². The van der Waals surface area contributed by atoms with Crippen LogP contribution in [0.3, 0.4) is 0 Å². The number of esters is 1. The van der Waals surface area contributed by atoms with Crippen LogP contribution >= 0.6 is 0 Å². The van der Waals surface area contributed by atoms with Gasteiger partial charge in [-0.25, -0.2) is 0 Å². The van der Waals surface area contributed by atoms with Crippen LogP contribution in [0.25, 0.3) is 0 Å². The van der Waals surface area contributed by atoms with Crippen molar-refractivity contribution < 1.29 is 29.0 Å². The molecule has 1 unspecified atom stereocenters. The van der Waals surface area contributed by atoms with Gasteiger partial charge in [0.05, 0.1) is 30.8 Å². The number of aliphatic hydroxyl groups excluding tert-OH is 1. The van der Waals surface area contributed by atoms with Crippen LogP contribution in [0.1, 0.15) is 69.9 Å². The molecule has 1 aliphatic carbocycles. The molecule has 0 radical (unpaired) electrons. The lowest BCUT2D eigenvalue weighted by molar-refractivity contribution is -0.162. The first-order chi connectivity index (χ1) is 19.4. The summed E-state index contributed by atoms with van der Waals surface area (Å²) in [6.07, 6.45) is 15.3. The molecule has 4 heterocycles. The third-order valence-electron chi connectivity index (χ3n) is 9.68. The minimum Gasteiger partial charge on any atom is -0.465 e. The number of hydrogen-bond acceptors (Lipinski definition) is 6. The molecule has 6 atom stereocenters. The summed E-state index contributed by atoms with van der Waals surface area (Å²) in [4.78, 5) is 46.5. The van der Waals surface area contributed by atoms with Gasteiger partial charge in [-0.1, -0.05) is 73.9 Å². The first-order valence-electron chi connectivity index (χ1n) is 14.9. The van der Waals surface area contributed by atoms with E-state index in [-0.39, 0.29) is 31.1 Å². The van der Waals surface area contributed by atoms with Gasteiger partial charge in [-0.3, -0.25) is 14.4 Å². The van der Waals surface area contributed by atoms with E-state index in [1.54, 1.807) is 0 Å². The maximum Gasteiger partial charge on any atom is 0.313 e. The van der Waals surface area contributed by atoms with E-state index >= 15 is 0 Å². The second kappa shape index (κ2) is 10.8. The predicted octanol–water partition coefficient (Wildman–Crippen LogP) is 3.71. The fourth-order valence-electron chi connectivity index (χ4n) is 7.84. The van der Waals surface area contributed by atoms with Gasteiger partial charge in [0.2, 0.25) is 11.8 Å². The van der Waals surface area contributed by atoms with Crippen molar-refractivity contribution in [3.63, 3.8) is 0 Å². The maximum atomic E-state index is 14.7. The number of carbonyl (C=O) groups excluding carboxylic acids is 3. The molecule has 2 amide bonds. The summed E-state index contributed by atoms with van der Waals surface area (Å²) >= 11 is 0. The van der Waals surface area contributed by atoms with Gasteiger partial charge in [0.15, 0.2) is 0 Å². The Morgan fingerprint density at radius 3 is 2.48 bits per heavy atom. The minimum atomic E-state index is -1.36. The molecule has 6 rings (SSSR count). The van der Waals surface area contributed by atoms with Crippen molar-refractivity contribution in [2.75, 3.05) is 19.8 Å². The Hall–Kier alpha value is -2.97.